The quantitative estimate of drug-likeness (QED) is 0.292. The van der Waals surface area contributed by atoms with E-state index in [-0.39, 0.29) is 47.2 Å². The van der Waals surface area contributed by atoms with Crippen molar-refractivity contribution in [2.75, 3.05) is 6.54 Å². The number of benzene rings is 1. The van der Waals surface area contributed by atoms with Crippen LogP contribution in [-0.4, -0.2) is 40.1 Å². The van der Waals surface area contributed by atoms with Gasteiger partial charge in [-0.25, -0.2) is 9.59 Å². The van der Waals surface area contributed by atoms with Gasteiger partial charge >= 0.3 is 12.3 Å². The molecule has 7 nitrogen and oxygen atoms in total. The maximum Gasteiger partial charge on any atom is 0.321 e. The van der Waals surface area contributed by atoms with Gasteiger partial charge in [-0.1, -0.05) is 18.2 Å². The second kappa shape index (κ2) is 8.80. The molecule has 1 saturated heterocycles. The molecule has 2 amide bonds. The number of nitro benzene ring substituents is 1. The van der Waals surface area contributed by atoms with Crippen LogP contribution in [0.25, 0.3) is 0 Å². The van der Waals surface area contributed by atoms with Gasteiger partial charge in [0, 0.05) is 37.3 Å². The molecule has 0 aliphatic carbocycles. The molecule has 1 aromatic rings. The minimum absolute atomic E-state index is 0.0197. The lowest BCUT2D eigenvalue weighted by Crippen LogP contribution is -2.53. The van der Waals surface area contributed by atoms with Gasteiger partial charge in [-0.15, -0.1) is 0 Å². The largest absolute Gasteiger partial charge is 0.321 e. The standard InChI is InChI=1S/C19H25N2O5/c1-15-6-5-13-21(15,14-22)19(24)12-11-17(23)9-4-8-16-7-2-3-10-18(16)20(25)26/h2-3,7,10,14-15H,4-6,8-9,11-13H2,1H3/q+1/t15-,21?/m1/s1. The van der Waals surface area contributed by atoms with Crippen molar-refractivity contribution >= 4 is 23.8 Å². The smallest absolute Gasteiger partial charge is 0.300 e. The SMILES string of the molecule is C[C@@H]1CCC[N+]1(C=O)C(=O)CCC(=O)CCCc1ccccc1[N+](=O)[O-]. The Morgan fingerprint density at radius 1 is 1.27 bits per heavy atom. The molecule has 0 bridgehead atoms. The third-order valence-electron chi connectivity index (χ3n) is 5.30. The molecule has 0 saturated carbocycles. The summed E-state index contributed by atoms with van der Waals surface area (Å²) in [5.41, 5.74) is 0.674. The first-order chi connectivity index (χ1) is 12.4. The van der Waals surface area contributed by atoms with E-state index in [1.165, 1.54) is 6.07 Å². The van der Waals surface area contributed by atoms with Crippen LogP contribution in [0.15, 0.2) is 24.3 Å². The number of amides is 2. The fourth-order valence-electron chi connectivity index (χ4n) is 3.64. The predicted octanol–water partition coefficient (Wildman–Crippen LogP) is 2.95. The monoisotopic (exact) mass is 361 g/mol. The zero-order chi connectivity index (χ0) is 19.2. The van der Waals surface area contributed by atoms with Gasteiger partial charge < -0.3 is 0 Å². The number of rotatable bonds is 9. The third kappa shape index (κ3) is 4.40. The molecule has 1 heterocycles. The number of Topliss-reactive ketones (excluding diaryl/α,β-unsaturated/α-hetero) is 1. The Hall–Kier alpha value is -2.41. The molecule has 140 valence electrons. The Morgan fingerprint density at radius 2 is 2.00 bits per heavy atom. The summed E-state index contributed by atoms with van der Waals surface area (Å²) in [6.45, 7) is 2.42. The molecule has 26 heavy (non-hydrogen) atoms. The summed E-state index contributed by atoms with van der Waals surface area (Å²) in [5, 5.41) is 11.0. The van der Waals surface area contributed by atoms with E-state index in [1.54, 1.807) is 18.2 Å². The van der Waals surface area contributed by atoms with E-state index in [4.69, 9.17) is 0 Å². The summed E-state index contributed by atoms with van der Waals surface area (Å²) in [6.07, 6.45) is 3.83. The number of ketones is 1. The van der Waals surface area contributed by atoms with Crippen LogP contribution in [0.1, 0.15) is 51.0 Å². The van der Waals surface area contributed by atoms with E-state index < -0.39 is 4.92 Å². The zero-order valence-electron chi connectivity index (χ0n) is 15.1. The van der Waals surface area contributed by atoms with Crippen molar-refractivity contribution in [3.8, 4) is 0 Å². The molecule has 0 spiro atoms. The first-order valence-electron chi connectivity index (χ1n) is 9.02. The number of carbonyl (C=O) groups excluding carboxylic acids is 3. The molecular formula is C19H25N2O5+. The molecule has 7 heteroatoms. The second-order valence-electron chi connectivity index (χ2n) is 6.92. The normalized spacial score (nSPS) is 22.1. The van der Waals surface area contributed by atoms with E-state index in [9.17, 15) is 24.5 Å². The second-order valence-corrected chi connectivity index (χ2v) is 6.92. The topological polar surface area (TPSA) is 94.3 Å². The van der Waals surface area contributed by atoms with Crippen LogP contribution in [0.5, 0.6) is 0 Å². The number of carbonyl (C=O) groups is 3. The Morgan fingerprint density at radius 3 is 2.62 bits per heavy atom. The Labute approximate surface area is 152 Å². The summed E-state index contributed by atoms with van der Waals surface area (Å²) < 4.78 is -0.163. The number of hydrogen-bond donors (Lipinski definition) is 0. The van der Waals surface area contributed by atoms with Gasteiger partial charge in [-0.3, -0.25) is 14.9 Å². The molecule has 1 aromatic carbocycles. The van der Waals surface area contributed by atoms with Crippen molar-refractivity contribution in [2.24, 2.45) is 0 Å². The van der Waals surface area contributed by atoms with Gasteiger partial charge in [0.1, 0.15) is 11.8 Å². The van der Waals surface area contributed by atoms with Crippen molar-refractivity contribution in [3.63, 3.8) is 0 Å². The summed E-state index contributed by atoms with van der Waals surface area (Å²) in [6, 6.07) is 6.48. The van der Waals surface area contributed by atoms with Crippen molar-refractivity contribution in [3.05, 3.63) is 39.9 Å². The van der Waals surface area contributed by atoms with Crippen LogP contribution < -0.4 is 0 Å². The van der Waals surface area contributed by atoms with Crippen molar-refractivity contribution in [2.45, 2.75) is 57.9 Å². The van der Waals surface area contributed by atoms with Gasteiger partial charge in [0.2, 0.25) is 0 Å². The Kier molecular flexibility index (Phi) is 6.74. The van der Waals surface area contributed by atoms with Gasteiger partial charge in [0.15, 0.2) is 0 Å². The molecular weight excluding hydrogens is 336 g/mol. The van der Waals surface area contributed by atoms with Crippen LogP contribution in [0.2, 0.25) is 0 Å². The molecule has 0 aromatic heterocycles. The molecule has 1 aliphatic rings. The number of aryl methyl sites for hydroxylation is 1. The van der Waals surface area contributed by atoms with Crippen LogP contribution in [0, 0.1) is 10.1 Å². The number of nitrogens with zero attached hydrogens (tertiary/aromatic N) is 2. The van der Waals surface area contributed by atoms with Gasteiger partial charge in [-0.05, 0) is 19.8 Å². The lowest BCUT2D eigenvalue weighted by molar-refractivity contribution is -0.780. The minimum Gasteiger partial charge on any atom is -0.300 e. The van der Waals surface area contributed by atoms with E-state index in [0.29, 0.717) is 24.9 Å². The molecule has 0 N–H and O–H groups in total. The molecule has 2 rings (SSSR count). The number of imide groups is 1. The van der Waals surface area contributed by atoms with E-state index in [1.807, 2.05) is 6.92 Å². The summed E-state index contributed by atoms with van der Waals surface area (Å²) >= 11 is 0. The van der Waals surface area contributed by atoms with E-state index in [0.717, 1.165) is 19.3 Å². The van der Waals surface area contributed by atoms with Crippen molar-refractivity contribution in [1.29, 1.82) is 0 Å². The number of likely N-dealkylation sites (tertiary alicyclic amines) is 1. The minimum atomic E-state index is -0.421. The average molecular weight is 361 g/mol. The number of para-hydroxylation sites is 1. The van der Waals surface area contributed by atoms with Crippen LogP contribution in [0.3, 0.4) is 0 Å². The van der Waals surface area contributed by atoms with E-state index >= 15 is 0 Å². The highest BCUT2D eigenvalue weighted by Gasteiger charge is 2.45. The van der Waals surface area contributed by atoms with Crippen LogP contribution in [-0.2, 0) is 20.8 Å². The Balaban J connectivity index is 1.80. The predicted molar refractivity (Wildman–Crippen MR) is 95.2 cm³/mol. The van der Waals surface area contributed by atoms with Gasteiger partial charge in [-0.2, -0.15) is 4.48 Å². The maximum atomic E-state index is 12.4. The van der Waals surface area contributed by atoms with E-state index in [2.05, 4.69) is 0 Å². The highest BCUT2D eigenvalue weighted by molar-refractivity contribution is 5.84. The summed E-state index contributed by atoms with van der Waals surface area (Å²) in [7, 11) is 0. The zero-order valence-corrected chi connectivity index (χ0v) is 15.1. The number of quaternary nitrogens is 1. The summed E-state index contributed by atoms with van der Waals surface area (Å²) in [4.78, 5) is 46.5. The summed E-state index contributed by atoms with van der Waals surface area (Å²) in [5.74, 6) is -0.232. The first-order valence-corrected chi connectivity index (χ1v) is 9.02. The number of hydrogen-bond acceptors (Lipinski definition) is 5. The van der Waals surface area contributed by atoms with Crippen molar-refractivity contribution in [1.82, 2.24) is 0 Å². The first kappa shape index (κ1) is 19.9. The highest BCUT2D eigenvalue weighted by atomic mass is 16.6. The van der Waals surface area contributed by atoms with Gasteiger partial charge in [0.25, 0.3) is 5.69 Å². The van der Waals surface area contributed by atoms with Gasteiger partial charge in [0.05, 0.1) is 17.9 Å². The lowest BCUT2D eigenvalue weighted by Gasteiger charge is -2.28. The fourth-order valence-corrected chi connectivity index (χ4v) is 3.64. The molecule has 1 unspecified atom stereocenters. The van der Waals surface area contributed by atoms with Crippen LogP contribution in [0.4, 0.5) is 5.69 Å². The Bertz CT molecular complexity index is 703. The molecule has 2 atom stereocenters. The maximum absolute atomic E-state index is 12.4. The molecule has 0 radical (unpaired) electrons. The third-order valence-corrected chi connectivity index (χ3v) is 5.30. The fraction of sp³-hybridized carbons (Fsp3) is 0.526. The highest BCUT2D eigenvalue weighted by Crippen LogP contribution is 2.27. The number of nitro groups is 1. The molecule has 1 fully saturated rings. The van der Waals surface area contributed by atoms with Crippen LogP contribution >= 0.6 is 0 Å². The average Bonchev–Trinajstić information content (AvgIpc) is 3.01. The van der Waals surface area contributed by atoms with Crippen molar-refractivity contribution < 1.29 is 23.8 Å². The molecule has 1 aliphatic heterocycles. The lowest BCUT2D eigenvalue weighted by atomic mass is 10.0.